The summed E-state index contributed by atoms with van der Waals surface area (Å²) >= 11 is 0.730. The van der Waals surface area contributed by atoms with Gasteiger partial charge in [0.25, 0.3) is 10.0 Å². The Morgan fingerprint density at radius 3 is 2.60 bits per heavy atom. The summed E-state index contributed by atoms with van der Waals surface area (Å²) in [6.07, 6.45) is -0.244. The lowest BCUT2D eigenvalue weighted by Crippen LogP contribution is -2.40. The molecule has 1 aliphatic heterocycles. The molecule has 1 aliphatic rings. The highest BCUT2D eigenvalue weighted by molar-refractivity contribution is 7.91. The first-order valence-corrected chi connectivity index (χ1v) is 7.73. The van der Waals surface area contributed by atoms with E-state index in [-0.39, 0.29) is 16.2 Å². The van der Waals surface area contributed by atoms with Gasteiger partial charge < -0.3 is 5.11 Å². The fraction of sp³-hybridized carbons (Fsp3) is 0.300. The number of thiophene rings is 1. The Morgan fingerprint density at radius 2 is 2.15 bits per heavy atom. The number of aromatic carboxylic acids is 1. The van der Waals surface area contributed by atoms with Crippen molar-refractivity contribution in [3.8, 4) is 0 Å². The Morgan fingerprint density at radius 1 is 1.50 bits per heavy atom. The van der Waals surface area contributed by atoms with E-state index in [1.165, 1.54) is 12.4 Å². The predicted molar refractivity (Wildman–Crippen MR) is 67.8 cm³/mol. The number of hydrogen-bond acceptors (Lipinski definition) is 6. The maximum absolute atomic E-state index is 12.0. The van der Waals surface area contributed by atoms with Crippen molar-refractivity contribution in [1.82, 2.24) is 9.62 Å². The van der Waals surface area contributed by atoms with E-state index in [0.717, 1.165) is 22.3 Å². The minimum Gasteiger partial charge on any atom is -0.478 e. The number of carboxylic acid groups (broad SMARTS) is 1. The molecule has 108 valence electrons. The second-order valence-electron chi connectivity index (χ2n) is 4.13. The molecule has 2 heterocycles. The van der Waals surface area contributed by atoms with Crippen LogP contribution in [0.1, 0.15) is 16.8 Å². The number of nitrogens with one attached hydrogen (secondary N) is 1. The minimum absolute atomic E-state index is 0.152. The third-order valence-electron chi connectivity index (χ3n) is 2.77. The average Bonchev–Trinajstić information content (AvgIpc) is 2.93. The van der Waals surface area contributed by atoms with Crippen LogP contribution in [0.15, 0.2) is 15.7 Å². The van der Waals surface area contributed by atoms with E-state index in [9.17, 15) is 22.8 Å². The maximum atomic E-state index is 12.0. The second kappa shape index (κ2) is 4.96. The Labute approximate surface area is 118 Å². The third-order valence-corrected chi connectivity index (χ3v) is 5.68. The van der Waals surface area contributed by atoms with E-state index < -0.39 is 33.8 Å². The van der Waals surface area contributed by atoms with Gasteiger partial charge in [-0.2, -0.15) is 4.72 Å². The van der Waals surface area contributed by atoms with Crippen LogP contribution < -0.4 is 4.72 Å². The van der Waals surface area contributed by atoms with Crippen LogP contribution in [0.4, 0.5) is 0 Å². The zero-order valence-electron chi connectivity index (χ0n) is 10.2. The van der Waals surface area contributed by atoms with Crippen molar-refractivity contribution >= 4 is 39.1 Å². The molecule has 1 aromatic heterocycles. The highest BCUT2D eigenvalue weighted by Crippen LogP contribution is 2.22. The summed E-state index contributed by atoms with van der Waals surface area (Å²) in [5.41, 5.74) is -0.152. The molecule has 10 heteroatoms. The van der Waals surface area contributed by atoms with Crippen LogP contribution in [0, 0.1) is 0 Å². The number of imide groups is 1. The number of likely N-dealkylation sites (tertiary alicyclic amines) is 1. The summed E-state index contributed by atoms with van der Waals surface area (Å²) in [6, 6.07) is -0.145. The summed E-state index contributed by atoms with van der Waals surface area (Å²) in [5, 5.41) is 9.93. The lowest BCUT2D eigenvalue weighted by molar-refractivity contribution is -0.137. The summed E-state index contributed by atoms with van der Waals surface area (Å²) in [6.45, 7) is 0. The molecule has 1 saturated heterocycles. The van der Waals surface area contributed by atoms with Crippen molar-refractivity contribution in [3.05, 3.63) is 17.0 Å². The van der Waals surface area contributed by atoms with Gasteiger partial charge in [0.05, 0.1) is 12.0 Å². The Hall–Kier alpha value is -1.78. The molecule has 0 aromatic carbocycles. The number of carbonyl (C=O) groups excluding carboxylic acids is 2. The van der Waals surface area contributed by atoms with Crippen LogP contribution in [0.2, 0.25) is 0 Å². The molecule has 1 atom stereocenters. The second-order valence-corrected chi connectivity index (χ2v) is 6.98. The summed E-state index contributed by atoms with van der Waals surface area (Å²) in [7, 11) is -2.76. The van der Waals surface area contributed by atoms with Crippen molar-refractivity contribution in [3.63, 3.8) is 0 Å². The molecule has 2 amide bonds. The van der Waals surface area contributed by atoms with Gasteiger partial charge in [-0.3, -0.25) is 14.5 Å². The fourth-order valence-corrected chi connectivity index (χ4v) is 4.02. The van der Waals surface area contributed by atoms with Gasteiger partial charge in [0, 0.05) is 12.4 Å². The molecule has 8 nitrogen and oxygen atoms in total. The molecule has 0 saturated carbocycles. The zero-order chi connectivity index (χ0) is 15.1. The number of likely N-dealkylation sites (N-methyl/N-ethyl adjacent to an activating group) is 1. The number of sulfonamides is 1. The standard InChI is InChI=1S/C10H10N2O6S2/c1-12-7(13)3-6(9(12)14)11-20(17,18)8-2-5(4-19-8)10(15)16/h2,4,6,11H,3H2,1H3,(H,15,16). The predicted octanol–water partition coefficient (Wildman–Crippen LogP) is -0.518. The Balaban J connectivity index is 2.21. The quantitative estimate of drug-likeness (QED) is 0.721. The smallest absolute Gasteiger partial charge is 0.336 e. The number of carbonyl (C=O) groups is 3. The first kappa shape index (κ1) is 14.6. The van der Waals surface area contributed by atoms with Crippen LogP contribution in [0.25, 0.3) is 0 Å². The van der Waals surface area contributed by atoms with Crippen LogP contribution in [-0.4, -0.2) is 49.3 Å². The van der Waals surface area contributed by atoms with E-state index in [0.29, 0.717) is 0 Å². The number of nitrogens with zero attached hydrogens (tertiary/aromatic N) is 1. The highest BCUT2D eigenvalue weighted by atomic mass is 32.2. The van der Waals surface area contributed by atoms with E-state index in [4.69, 9.17) is 5.11 Å². The lowest BCUT2D eigenvalue weighted by Gasteiger charge is -2.10. The van der Waals surface area contributed by atoms with Crippen LogP contribution >= 0.6 is 11.3 Å². The topological polar surface area (TPSA) is 121 Å². The summed E-state index contributed by atoms with van der Waals surface area (Å²) in [5.74, 6) is -2.34. The number of amides is 2. The fourth-order valence-electron chi connectivity index (χ4n) is 1.66. The summed E-state index contributed by atoms with van der Waals surface area (Å²) in [4.78, 5) is 34.5. The van der Waals surface area contributed by atoms with Gasteiger partial charge in [0.1, 0.15) is 10.3 Å². The molecule has 0 aliphatic carbocycles. The normalized spacial score (nSPS) is 19.6. The molecule has 20 heavy (non-hydrogen) atoms. The minimum atomic E-state index is -4.03. The molecular formula is C10H10N2O6S2. The molecule has 1 fully saturated rings. The van der Waals surface area contributed by atoms with E-state index >= 15 is 0 Å². The van der Waals surface area contributed by atoms with Crippen LogP contribution in [0.5, 0.6) is 0 Å². The van der Waals surface area contributed by atoms with Crippen molar-refractivity contribution < 1.29 is 27.9 Å². The molecular weight excluding hydrogens is 308 g/mol. The van der Waals surface area contributed by atoms with Gasteiger partial charge in [0.15, 0.2) is 0 Å². The lowest BCUT2D eigenvalue weighted by atomic mass is 10.3. The van der Waals surface area contributed by atoms with Gasteiger partial charge in [-0.15, -0.1) is 11.3 Å². The van der Waals surface area contributed by atoms with Crippen molar-refractivity contribution in [2.75, 3.05) is 7.05 Å². The van der Waals surface area contributed by atoms with Gasteiger partial charge >= 0.3 is 5.97 Å². The van der Waals surface area contributed by atoms with Crippen LogP contribution in [0.3, 0.4) is 0 Å². The molecule has 2 N–H and O–H groups in total. The van der Waals surface area contributed by atoms with Crippen molar-refractivity contribution in [2.45, 2.75) is 16.7 Å². The first-order chi connectivity index (χ1) is 9.22. The van der Waals surface area contributed by atoms with E-state index in [1.54, 1.807) is 0 Å². The molecule has 1 unspecified atom stereocenters. The number of carboxylic acids is 1. The molecule has 2 rings (SSSR count). The van der Waals surface area contributed by atoms with Gasteiger partial charge in [-0.1, -0.05) is 0 Å². The van der Waals surface area contributed by atoms with E-state index in [1.807, 2.05) is 0 Å². The first-order valence-electron chi connectivity index (χ1n) is 5.37. The molecule has 0 spiro atoms. The molecule has 0 radical (unpaired) electrons. The Kier molecular flexibility index (Phi) is 3.63. The van der Waals surface area contributed by atoms with E-state index in [2.05, 4.69) is 4.72 Å². The van der Waals surface area contributed by atoms with Gasteiger partial charge in [0.2, 0.25) is 11.8 Å². The maximum Gasteiger partial charge on any atom is 0.336 e. The van der Waals surface area contributed by atoms with Crippen molar-refractivity contribution in [1.29, 1.82) is 0 Å². The average molecular weight is 318 g/mol. The molecule has 0 bridgehead atoms. The molecule has 1 aromatic rings. The largest absolute Gasteiger partial charge is 0.478 e. The van der Waals surface area contributed by atoms with Crippen molar-refractivity contribution in [2.24, 2.45) is 0 Å². The summed E-state index contributed by atoms with van der Waals surface area (Å²) < 4.78 is 25.9. The SMILES string of the molecule is CN1C(=O)CC(NS(=O)(=O)c2cc(C(=O)O)cs2)C1=O. The van der Waals surface area contributed by atoms with Gasteiger partial charge in [-0.25, -0.2) is 13.2 Å². The highest BCUT2D eigenvalue weighted by Gasteiger charge is 2.39. The Bertz CT molecular complexity index is 692. The number of hydrogen-bond donors (Lipinski definition) is 2. The van der Waals surface area contributed by atoms with Crippen LogP contribution in [-0.2, 0) is 19.6 Å². The zero-order valence-corrected chi connectivity index (χ0v) is 11.8. The van der Waals surface area contributed by atoms with Gasteiger partial charge in [-0.05, 0) is 6.07 Å². The number of rotatable bonds is 4. The monoisotopic (exact) mass is 318 g/mol. The third kappa shape index (κ3) is 2.57.